The number of hydrogen-bond acceptors (Lipinski definition) is 4. The minimum Gasteiger partial charge on any atom is -0.507 e. The lowest BCUT2D eigenvalue weighted by atomic mass is 10.0. The van der Waals surface area contributed by atoms with E-state index in [-0.39, 0.29) is 11.7 Å². The van der Waals surface area contributed by atoms with E-state index in [1.165, 1.54) is 0 Å². The number of nitrogens with one attached hydrogen (secondary N) is 1. The van der Waals surface area contributed by atoms with Crippen molar-refractivity contribution in [3.8, 4) is 17.2 Å². The Balaban J connectivity index is 2.12. The molecule has 1 heterocycles. The number of phenolic OH excluding ortho intramolecular Hbond substituents is 1. The van der Waals surface area contributed by atoms with Crippen LogP contribution in [0.5, 0.6) is 17.2 Å². The van der Waals surface area contributed by atoms with Crippen molar-refractivity contribution >= 4 is 23.2 Å². The number of hydrogen-bond donors (Lipinski definition) is 2. The third-order valence-corrected chi connectivity index (χ3v) is 3.79. The molecule has 1 amide bonds. The molecule has 0 saturated heterocycles. The number of fused-ring (bicyclic) bond motifs is 1. The summed E-state index contributed by atoms with van der Waals surface area (Å²) >= 11 is 0. The summed E-state index contributed by atoms with van der Waals surface area (Å²) in [6.45, 7) is 1.89. The van der Waals surface area contributed by atoms with Crippen molar-refractivity contribution < 1.29 is 19.4 Å². The lowest BCUT2D eigenvalue weighted by Crippen LogP contribution is -2.03. The van der Waals surface area contributed by atoms with Crippen molar-refractivity contribution in [2.75, 3.05) is 19.5 Å². The number of ether oxygens (including phenoxy) is 2. The predicted octanol–water partition coefficient (Wildman–Crippen LogP) is 3.21. The highest BCUT2D eigenvalue weighted by Gasteiger charge is 2.26. The number of carbonyl (C=O) groups is 1. The van der Waals surface area contributed by atoms with Gasteiger partial charge in [-0.25, -0.2) is 0 Å². The third kappa shape index (κ3) is 2.61. The maximum Gasteiger partial charge on any atom is 0.256 e. The van der Waals surface area contributed by atoms with Gasteiger partial charge in [-0.1, -0.05) is 12.1 Å². The van der Waals surface area contributed by atoms with E-state index < -0.39 is 0 Å². The molecule has 0 saturated carbocycles. The molecule has 0 radical (unpaired) electrons. The molecule has 23 heavy (non-hydrogen) atoms. The van der Waals surface area contributed by atoms with Gasteiger partial charge >= 0.3 is 0 Å². The van der Waals surface area contributed by atoms with Crippen LogP contribution in [-0.2, 0) is 4.79 Å². The first-order valence-electron chi connectivity index (χ1n) is 7.12. The Morgan fingerprint density at radius 2 is 1.78 bits per heavy atom. The van der Waals surface area contributed by atoms with E-state index in [1.807, 2.05) is 13.0 Å². The second-order valence-corrected chi connectivity index (χ2v) is 5.33. The number of rotatable bonds is 3. The molecule has 2 N–H and O–H groups in total. The monoisotopic (exact) mass is 311 g/mol. The summed E-state index contributed by atoms with van der Waals surface area (Å²) in [5.74, 6) is 1.00. The topological polar surface area (TPSA) is 67.8 Å². The van der Waals surface area contributed by atoms with Gasteiger partial charge in [0.15, 0.2) is 11.5 Å². The number of carbonyl (C=O) groups excluding carboxylic acids is 1. The molecule has 2 aromatic carbocycles. The van der Waals surface area contributed by atoms with Gasteiger partial charge in [-0.3, -0.25) is 4.79 Å². The number of phenols is 1. The van der Waals surface area contributed by atoms with Gasteiger partial charge in [-0.15, -0.1) is 0 Å². The Morgan fingerprint density at radius 1 is 1.09 bits per heavy atom. The molecule has 0 atom stereocenters. The molecule has 0 bridgehead atoms. The molecule has 0 aliphatic carbocycles. The zero-order valence-corrected chi connectivity index (χ0v) is 13.1. The molecular weight excluding hydrogens is 294 g/mol. The molecule has 2 aromatic rings. The molecule has 1 aliphatic rings. The fraction of sp³-hybridized carbons (Fsp3) is 0.167. The molecule has 1 aliphatic heterocycles. The summed E-state index contributed by atoms with van der Waals surface area (Å²) in [5.41, 5.74) is 3.38. The van der Waals surface area contributed by atoms with Crippen LogP contribution in [-0.4, -0.2) is 25.2 Å². The van der Waals surface area contributed by atoms with Gasteiger partial charge in [0.25, 0.3) is 5.91 Å². The number of methoxy groups -OCH3 is 2. The highest BCUT2D eigenvalue weighted by Crippen LogP contribution is 2.41. The zero-order valence-electron chi connectivity index (χ0n) is 13.1. The van der Waals surface area contributed by atoms with E-state index in [0.29, 0.717) is 33.9 Å². The van der Waals surface area contributed by atoms with E-state index in [0.717, 1.165) is 5.56 Å². The first kappa shape index (κ1) is 15.0. The first-order chi connectivity index (χ1) is 11.0. The Morgan fingerprint density at radius 3 is 2.43 bits per heavy atom. The fourth-order valence-electron chi connectivity index (χ4n) is 2.59. The second kappa shape index (κ2) is 5.68. The Bertz CT molecular complexity index is 824. The van der Waals surface area contributed by atoms with Crippen LogP contribution in [0.4, 0.5) is 5.69 Å². The minimum absolute atomic E-state index is 0.138. The molecular formula is C18H17NO4. The first-order valence-corrected chi connectivity index (χ1v) is 7.12. The van der Waals surface area contributed by atoms with Crippen LogP contribution in [0.15, 0.2) is 30.3 Å². The number of aryl methyl sites for hydroxylation is 1. The fourth-order valence-corrected chi connectivity index (χ4v) is 2.59. The van der Waals surface area contributed by atoms with E-state index in [9.17, 15) is 9.90 Å². The molecule has 0 fully saturated rings. The standard InChI is InChI=1S/C18H17NO4/c1-10-4-5-11(15(20)6-10)7-13-12-8-16(22-2)17(23-3)9-14(12)19-18(13)21/h4-9,20H,1-3H3,(H,19,21)/b13-7+. The average molecular weight is 311 g/mol. The molecule has 0 spiro atoms. The van der Waals surface area contributed by atoms with Crippen LogP contribution < -0.4 is 14.8 Å². The normalized spacial score (nSPS) is 14.6. The van der Waals surface area contributed by atoms with Crippen LogP contribution in [0.2, 0.25) is 0 Å². The Kier molecular flexibility index (Phi) is 3.70. The van der Waals surface area contributed by atoms with Crippen LogP contribution in [0, 0.1) is 6.92 Å². The van der Waals surface area contributed by atoms with Gasteiger partial charge in [-0.05, 0) is 30.7 Å². The molecule has 118 valence electrons. The van der Waals surface area contributed by atoms with E-state index >= 15 is 0 Å². The highest BCUT2D eigenvalue weighted by molar-refractivity contribution is 6.35. The van der Waals surface area contributed by atoms with Gasteiger partial charge in [0.2, 0.25) is 0 Å². The zero-order chi connectivity index (χ0) is 16.6. The van der Waals surface area contributed by atoms with E-state index in [4.69, 9.17) is 9.47 Å². The Labute approximate surface area is 134 Å². The summed E-state index contributed by atoms with van der Waals surface area (Å²) in [5, 5.41) is 12.8. The molecule has 0 aromatic heterocycles. The average Bonchev–Trinajstić information content (AvgIpc) is 2.83. The number of amides is 1. The number of benzene rings is 2. The quantitative estimate of drug-likeness (QED) is 0.854. The molecule has 5 heteroatoms. The summed E-state index contributed by atoms with van der Waals surface area (Å²) in [4.78, 5) is 12.3. The van der Waals surface area contributed by atoms with Crippen molar-refractivity contribution in [3.63, 3.8) is 0 Å². The molecule has 5 nitrogen and oxygen atoms in total. The van der Waals surface area contributed by atoms with Crippen molar-refractivity contribution in [2.24, 2.45) is 0 Å². The SMILES string of the molecule is COc1cc2c(cc1OC)/C(=C\c1ccc(C)cc1O)C(=O)N2. The van der Waals surface area contributed by atoms with Gasteiger partial charge in [0.1, 0.15) is 5.75 Å². The minimum atomic E-state index is -0.227. The molecule has 3 rings (SSSR count). The van der Waals surface area contributed by atoms with Crippen molar-refractivity contribution in [1.82, 2.24) is 0 Å². The largest absolute Gasteiger partial charge is 0.507 e. The van der Waals surface area contributed by atoms with Crippen LogP contribution >= 0.6 is 0 Å². The lowest BCUT2D eigenvalue weighted by Gasteiger charge is -2.09. The van der Waals surface area contributed by atoms with Crippen molar-refractivity contribution in [1.29, 1.82) is 0 Å². The Hall–Kier alpha value is -2.95. The van der Waals surface area contributed by atoms with Crippen LogP contribution in [0.3, 0.4) is 0 Å². The highest BCUT2D eigenvalue weighted by atomic mass is 16.5. The van der Waals surface area contributed by atoms with E-state index in [1.54, 1.807) is 44.6 Å². The summed E-state index contributed by atoms with van der Waals surface area (Å²) in [7, 11) is 3.09. The number of aromatic hydroxyl groups is 1. The van der Waals surface area contributed by atoms with Crippen molar-refractivity contribution in [3.05, 3.63) is 47.0 Å². The van der Waals surface area contributed by atoms with Gasteiger partial charge in [0, 0.05) is 22.8 Å². The third-order valence-electron chi connectivity index (χ3n) is 3.79. The lowest BCUT2D eigenvalue weighted by molar-refractivity contribution is -0.110. The van der Waals surface area contributed by atoms with E-state index in [2.05, 4.69) is 5.32 Å². The van der Waals surface area contributed by atoms with Gasteiger partial charge < -0.3 is 19.9 Å². The maximum atomic E-state index is 12.3. The molecule has 0 unspecified atom stereocenters. The summed E-state index contributed by atoms with van der Waals surface area (Å²) in [6, 6.07) is 8.80. The second-order valence-electron chi connectivity index (χ2n) is 5.33. The van der Waals surface area contributed by atoms with Crippen LogP contribution in [0.25, 0.3) is 11.6 Å². The summed E-state index contributed by atoms with van der Waals surface area (Å²) < 4.78 is 10.5. The van der Waals surface area contributed by atoms with Crippen LogP contribution in [0.1, 0.15) is 16.7 Å². The van der Waals surface area contributed by atoms with Crippen molar-refractivity contribution in [2.45, 2.75) is 6.92 Å². The summed E-state index contributed by atoms with van der Waals surface area (Å²) in [6.07, 6.45) is 1.67. The van der Waals surface area contributed by atoms with Gasteiger partial charge in [0.05, 0.1) is 19.9 Å². The number of anilines is 1. The van der Waals surface area contributed by atoms with Gasteiger partial charge in [-0.2, -0.15) is 0 Å². The smallest absolute Gasteiger partial charge is 0.256 e. The maximum absolute atomic E-state index is 12.3. The predicted molar refractivity (Wildman–Crippen MR) is 88.9 cm³/mol.